The Morgan fingerprint density at radius 3 is 2.33 bits per heavy atom. The van der Waals surface area contributed by atoms with E-state index in [1.165, 1.54) is 10.5 Å². The lowest BCUT2D eigenvalue weighted by Crippen LogP contribution is -2.41. The molecule has 1 fully saturated rings. The van der Waals surface area contributed by atoms with Gasteiger partial charge in [0, 0.05) is 11.1 Å². The lowest BCUT2D eigenvalue weighted by Gasteiger charge is -2.24. The van der Waals surface area contributed by atoms with Gasteiger partial charge in [0.05, 0.1) is 12.1 Å². The molecule has 6 heteroatoms. The van der Waals surface area contributed by atoms with Crippen LogP contribution in [-0.2, 0) is 22.3 Å². The molecule has 2 aromatic carbocycles. The Morgan fingerprint density at radius 2 is 1.67 bits per heavy atom. The first-order valence-corrected chi connectivity index (χ1v) is 10.1. The molecule has 0 radical (unpaired) electrons. The number of rotatable bonds is 3. The van der Waals surface area contributed by atoms with Crippen LogP contribution in [0.4, 0.5) is 4.79 Å². The minimum absolute atomic E-state index is 0.0136. The second-order valence-corrected chi connectivity index (χ2v) is 9.02. The van der Waals surface area contributed by atoms with Gasteiger partial charge in [0.25, 0.3) is 5.91 Å². The van der Waals surface area contributed by atoms with Crippen LogP contribution in [0, 0.1) is 6.92 Å². The summed E-state index contributed by atoms with van der Waals surface area (Å²) < 4.78 is 0. The highest BCUT2D eigenvalue weighted by Crippen LogP contribution is 2.31. The molecule has 1 unspecified atom stereocenters. The molecular formula is C24H26N4O2. The number of aryl methyl sites for hydroxylation is 1. The van der Waals surface area contributed by atoms with Crippen molar-refractivity contribution >= 4 is 22.8 Å². The number of fused-ring (bicyclic) bond motifs is 1. The van der Waals surface area contributed by atoms with Gasteiger partial charge in [0.2, 0.25) is 0 Å². The van der Waals surface area contributed by atoms with Gasteiger partial charge in [-0.15, -0.1) is 0 Å². The fourth-order valence-corrected chi connectivity index (χ4v) is 3.85. The summed E-state index contributed by atoms with van der Waals surface area (Å²) in [4.78, 5) is 36.2. The zero-order chi connectivity index (χ0) is 21.7. The number of hydrogen-bond donors (Lipinski definition) is 1. The van der Waals surface area contributed by atoms with Crippen molar-refractivity contribution in [1.29, 1.82) is 0 Å². The van der Waals surface area contributed by atoms with Crippen molar-refractivity contribution in [3.05, 3.63) is 71.2 Å². The number of amides is 3. The van der Waals surface area contributed by atoms with E-state index in [0.717, 1.165) is 22.2 Å². The number of carbonyl (C=O) groups is 2. The van der Waals surface area contributed by atoms with Gasteiger partial charge in [-0.2, -0.15) is 0 Å². The van der Waals surface area contributed by atoms with Gasteiger partial charge in [-0.25, -0.2) is 14.8 Å². The second kappa shape index (κ2) is 6.90. The molecule has 1 N–H and O–H groups in total. The predicted molar refractivity (Wildman–Crippen MR) is 116 cm³/mol. The number of benzene rings is 2. The number of carbonyl (C=O) groups excluding carboxylic acids is 2. The summed E-state index contributed by atoms with van der Waals surface area (Å²) in [7, 11) is 0. The quantitative estimate of drug-likeness (QED) is 0.666. The standard InChI is InChI=1S/C24H26N4O2/c1-15-18-8-6-7-9-19(18)26-20(25-15)14-28-21(29)24(5,27-22(28)30)17-12-10-16(11-13-17)23(2,3)4/h6-13H,14H2,1-5H3,(H,27,30). The van der Waals surface area contributed by atoms with E-state index < -0.39 is 11.6 Å². The maximum atomic E-state index is 13.3. The zero-order valence-electron chi connectivity index (χ0n) is 18.0. The van der Waals surface area contributed by atoms with Crippen molar-refractivity contribution in [2.75, 3.05) is 0 Å². The molecule has 2 heterocycles. The number of urea groups is 1. The van der Waals surface area contributed by atoms with E-state index in [1.807, 2.05) is 55.5 Å². The third-order valence-corrected chi connectivity index (χ3v) is 5.74. The third kappa shape index (κ3) is 3.32. The van der Waals surface area contributed by atoms with E-state index in [0.29, 0.717) is 5.82 Å². The minimum atomic E-state index is -1.11. The van der Waals surface area contributed by atoms with Crippen LogP contribution in [0.2, 0.25) is 0 Å². The Hall–Kier alpha value is -3.28. The number of imide groups is 1. The molecule has 3 aromatic rings. The number of nitrogens with one attached hydrogen (secondary N) is 1. The minimum Gasteiger partial charge on any atom is -0.319 e. The zero-order valence-corrected chi connectivity index (χ0v) is 18.0. The summed E-state index contributed by atoms with van der Waals surface area (Å²) >= 11 is 0. The third-order valence-electron chi connectivity index (χ3n) is 5.74. The SMILES string of the molecule is Cc1nc(CN2C(=O)NC(C)(c3ccc(C(C)(C)C)cc3)C2=O)nc2ccccc12. The molecule has 4 rings (SSSR count). The number of para-hydroxylation sites is 1. The van der Waals surface area contributed by atoms with Gasteiger partial charge in [-0.1, -0.05) is 63.2 Å². The maximum Gasteiger partial charge on any atom is 0.325 e. The fraction of sp³-hybridized carbons (Fsp3) is 0.333. The largest absolute Gasteiger partial charge is 0.325 e. The van der Waals surface area contributed by atoms with Gasteiger partial charge < -0.3 is 5.32 Å². The van der Waals surface area contributed by atoms with Crippen molar-refractivity contribution in [3.8, 4) is 0 Å². The topological polar surface area (TPSA) is 75.2 Å². The van der Waals surface area contributed by atoms with Gasteiger partial charge in [0.15, 0.2) is 0 Å². The Labute approximate surface area is 176 Å². The highest BCUT2D eigenvalue weighted by Gasteiger charge is 2.49. The van der Waals surface area contributed by atoms with Crippen molar-refractivity contribution < 1.29 is 9.59 Å². The number of aromatic nitrogens is 2. The van der Waals surface area contributed by atoms with Crippen molar-refractivity contribution in [1.82, 2.24) is 20.2 Å². The fourth-order valence-electron chi connectivity index (χ4n) is 3.85. The van der Waals surface area contributed by atoms with Crippen LogP contribution >= 0.6 is 0 Å². The summed E-state index contributed by atoms with van der Waals surface area (Å²) in [5, 5.41) is 3.82. The van der Waals surface area contributed by atoms with Crippen LogP contribution in [0.1, 0.15) is 50.3 Å². The monoisotopic (exact) mass is 402 g/mol. The van der Waals surface area contributed by atoms with E-state index in [-0.39, 0.29) is 17.9 Å². The van der Waals surface area contributed by atoms with Crippen LogP contribution < -0.4 is 5.32 Å². The molecule has 1 saturated heterocycles. The molecular weight excluding hydrogens is 376 g/mol. The molecule has 1 atom stereocenters. The Morgan fingerprint density at radius 1 is 1.00 bits per heavy atom. The molecule has 1 aromatic heterocycles. The predicted octanol–water partition coefficient (Wildman–Crippen LogP) is 4.20. The first-order chi connectivity index (χ1) is 14.1. The Kier molecular flexibility index (Phi) is 4.60. The van der Waals surface area contributed by atoms with Crippen LogP contribution in [0.15, 0.2) is 48.5 Å². The van der Waals surface area contributed by atoms with E-state index in [1.54, 1.807) is 6.92 Å². The molecule has 3 amide bonds. The van der Waals surface area contributed by atoms with E-state index in [4.69, 9.17) is 0 Å². The van der Waals surface area contributed by atoms with E-state index in [9.17, 15) is 9.59 Å². The molecule has 0 bridgehead atoms. The van der Waals surface area contributed by atoms with E-state index in [2.05, 4.69) is 36.1 Å². The van der Waals surface area contributed by atoms with Gasteiger partial charge >= 0.3 is 6.03 Å². The Bertz CT molecular complexity index is 1150. The Balaban J connectivity index is 1.63. The van der Waals surface area contributed by atoms with Crippen LogP contribution in [0.3, 0.4) is 0 Å². The number of hydrogen-bond acceptors (Lipinski definition) is 4. The molecule has 0 spiro atoms. The maximum absolute atomic E-state index is 13.3. The molecule has 1 aliphatic rings. The average Bonchev–Trinajstić information content (AvgIpc) is 2.91. The normalized spacial score (nSPS) is 19.4. The van der Waals surface area contributed by atoms with Crippen LogP contribution in [-0.4, -0.2) is 26.8 Å². The molecule has 1 aliphatic heterocycles. The summed E-state index contributed by atoms with van der Waals surface area (Å²) in [5.74, 6) is 0.146. The average molecular weight is 402 g/mol. The molecule has 6 nitrogen and oxygen atoms in total. The molecule has 30 heavy (non-hydrogen) atoms. The van der Waals surface area contributed by atoms with Crippen molar-refractivity contribution in [2.24, 2.45) is 0 Å². The van der Waals surface area contributed by atoms with Crippen molar-refractivity contribution in [3.63, 3.8) is 0 Å². The summed E-state index contributed by atoms with van der Waals surface area (Å²) in [6.45, 7) is 10.1. The first kappa shape index (κ1) is 20.0. The smallest absolute Gasteiger partial charge is 0.319 e. The molecule has 0 saturated carbocycles. The second-order valence-electron chi connectivity index (χ2n) is 9.02. The van der Waals surface area contributed by atoms with Crippen molar-refractivity contribution in [2.45, 2.75) is 52.1 Å². The van der Waals surface area contributed by atoms with E-state index >= 15 is 0 Å². The lowest BCUT2D eigenvalue weighted by atomic mass is 9.84. The highest BCUT2D eigenvalue weighted by atomic mass is 16.2. The first-order valence-electron chi connectivity index (χ1n) is 10.1. The van der Waals surface area contributed by atoms with Crippen LogP contribution in [0.5, 0.6) is 0 Å². The van der Waals surface area contributed by atoms with Gasteiger partial charge in [-0.05, 0) is 36.5 Å². The van der Waals surface area contributed by atoms with Gasteiger partial charge in [0.1, 0.15) is 11.4 Å². The highest BCUT2D eigenvalue weighted by molar-refractivity contribution is 6.07. The number of nitrogens with zero attached hydrogens (tertiary/aromatic N) is 3. The lowest BCUT2D eigenvalue weighted by molar-refractivity contribution is -0.131. The summed E-state index contributed by atoms with van der Waals surface area (Å²) in [5.41, 5.74) is 2.45. The molecule has 0 aliphatic carbocycles. The summed E-state index contributed by atoms with van der Waals surface area (Å²) in [6.07, 6.45) is 0. The van der Waals surface area contributed by atoms with Gasteiger partial charge in [-0.3, -0.25) is 9.69 Å². The summed E-state index contributed by atoms with van der Waals surface area (Å²) in [6, 6.07) is 15.1. The van der Waals surface area contributed by atoms with Crippen LogP contribution in [0.25, 0.3) is 10.9 Å². The molecule has 154 valence electrons.